The fourth-order valence-electron chi connectivity index (χ4n) is 1.40. The summed E-state index contributed by atoms with van der Waals surface area (Å²) in [6, 6.07) is 11.8. The van der Waals surface area contributed by atoms with Gasteiger partial charge in [0.05, 0.1) is 0 Å². The predicted octanol–water partition coefficient (Wildman–Crippen LogP) is 2.57. The molecule has 0 aliphatic carbocycles. The van der Waals surface area contributed by atoms with Crippen LogP contribution in [0.4, 0.5) is 17.5 Å². The van der Waals surface area contributed by atoms with Crippen molar-refractivity contribution in [3.8, 4) is 0 Å². The van der Waals surface area contributed by atoms with Crippen LogP contribution in [-0.2, 0) is 0 Å². The number of para-hydroxylation sites is 1. The van der Waals surface area contributed by atoms with Gasteiger partial charge in [-0.15, -0.1) is 0 Å². The second-order valence-electron chi connectivity index (χ2n) is 3.46. The lowest BCUT2D eigenvalue weighted by Gasteiger charge is -2.07. The summed E-state index contributed by atoms with van der Waals surface area (Å²) in [5.74, 6) is 1.42. The van der Waals surface area contributed by atoms with E-state index in [1.54, 1.807) is 0 Å². The molecule has 1 aromatic carbocycles. The average molecular weight is 214 g/mol. The number of aromatic nitrogens is 2. The summed E-state index contributed by atoms with van der Waals surface area (Å²) in [5, 5.41) is 6.16. The van der Waals surface area contributed by atoms with Crippen LogP contribution in [0, 0.1) is 6.92 Å². The molecule has 4 heteroatoms. The van der Waals surface area contributed by atoms with Gasteiger partial charge in [-0.2, -0.15) is 4.98 Å². The summed E-state index contributed by atoms with van der Waals surface area (Å²) in [7, 11) is 1.84. The Morgan fingerprint density at radius 3 is 2.50 bits per heavy atom. The van der Waals surface area contributed by atoms with E-state index >= 15 is 0 Å². The van der Waals surface area contributed by atoms with E-state index in [1.165, 1.54) is 0 Å². The Morgan fingerprint density at radius 2 is 1.81 bits per heavy atom. The SMILES string of the molecule is CNc1cc(C)nc(Nc2ccccc2)n1. The third-order valence-corrected chi connectivity index (χ3v) is 2.14. The van der Waals surface area contributed by atoms with Crippen molar-refractivity contribution < 1.29 is 0 Å². The highest BCUT2D eigenvalue weighted by molar-refractivity contribution is 5.54. The maximum absolute atomic E-state index is 4.31. The van der Waals surface area contributed by atoms with E-state index in [2.05, 4.69) is 20.6 Å². The Morgan fingerprint density at radius 1 is 1.06 bits per heavy atom. The number of nitrogens with zero attached hydrogens (tertiary/aromatic N) is 2. The molecule has 0 atom stereocenters. The lowest BCUT2D eigenvalue weighted by molar-refractivity contribution is 1.10. The number of hydrogen-bond donors (Lipinski definition) is 2. The molecule has 1 aromatic heterocycles. The van der Waals surface area contributed by atoms with Crippen molar-refractivity contribution in [2.24, 2.45) is 0 Å². The largest absolute Gasteiger partial charge is 0.373 e. The van der Waals surface area contributed by atoms with Gasteiger partial charge in [-0.05, 0) is 19.1 Å². The van der Waals surface area contributed by atoms with Crippen molar-refractivity contribution >= 4 is 17.5 Å². The first-order chi connectivity index (χ1) is 7.78. The molecule has 0 amide bonds. The molecule has 82 valence electrons. The van der Waals surface area contributed by atoms with Crippen molar-refractivity contribution in [2.75, 3.05) is 17.7 Å². The molecule has 0 fully saturated rings. The third kappa shape index (κ3) is 2.48. The zero-order valence-corrected chi connectivity index (χ0v) is 9.36. The monoisotopic (exact) mass is 214 g/mol. The molecule has 0 saturated carbocycles. The molecule has 4 nitrogen and oxygen atoms in total. The van der Waals surface area contributed by atoms with Gasteiger partial charge in [-0.3, -0.25) is 0 Å². The molecular formula is C12H14N4. The van der Waals surface area contributed by atoms with Crippen LogP contribution in [0.3, 0.4) is 0 Å². The topological polar surface area (TPSA) is 49.8 Å². The smallest absolute Gasteiger partial charge is 0.229 e. The van der Waals surface area contributed by atoms with Crippen LogP contribution in [0.15, 0.2) is 36.4 Å². The van der Waals surface area contributed by atoms with Crippen LogP contribution in [-0.4, -0.2) is 17.0 Å². The third-order valence-electron chi connectivity index (χ3n) is 2.14. The standard InChI is InChI=1S/C12H14N4/c1-9-8-11(13-2)16-12(14-9)15-10-6-4-3-5-7-10/h3-8H,1-2H3,(H2,13,14,15,16). The molecule has 0 aliphatic heterocycles. The molecule has 16 heavy (non-hydrogen) atoms. The number of rotatable bonds is 3. The van der Waals surface area contributed by atoms with Crippen molar-refractivity contribution in [1.82, 2.24) is 9.97 Å². The Bertz CT molecular complexity index is 468. The summed E-state index contributed by atoms with van der Waals surface area (Å²) in [5.41, 5.74) is 1.91. The van der Waals surface area contributed by atoms with Gasteiger partial charge in [0.1, 0.15) is 5.82 Å². The van der Waals surface area contributed by atoms with Gasteiger partial charge in [-0.25, -0.2) is 4.98 Å². The fraction of sp³-hybridized carbons (Fsp3) is 0.167. The fourth-order valence-corrected chi connectivity index (χ4v) is 1.40. The number of nitrogens with one attached hydrogen (secondary N) is 2. The Balaban J connectivity index is 2.24. The van der Waals surface area contributed by atoms with E-state index in [-0.39, 0.29) is 0 Å². The molecule has 2 N–H and O–H groups in total. The summed E-state index contributed by atoms with van der Waals surface area (Å²) in [4.78, 5) is 8.63. The molecule has 0 bridgehead atoms. The molecule has 1 heterocycles. The zero-order valence-electron chi connectivity index (χ0n) is 9.36. The molecule has 0 spiro atoms. The van der Waals surface area contributed by atoms with Gasteiger partial charge in [0, 0.05) is 24.5 Å². The number of hydrogen-bond acceptors (Lipinski definition) is 4. The minimum absolute atomic E-state index is 0.607. The highest BCUT2D eigenvalue weighted by Gasteiger charge is 2.00. The van der Waals surface area contributed by atoms with Crippen LogP contribution in [0.25, 0.3) is 0 Å². The first kappa shape index (κ1) is 10.4. The Hall–Kier alpha value is -2.10. The number of anilines is 3. The molecule has 0 aliphatic rings. The summed E-state index contributed by atoms with van der Waals surface area (Å²) >= 11 is 0. The maximum atomic E-state index is 4.31. The van der Waals surface area contributed by atoms with Gasteiger partial charge >= 0.3 is 0 Å². The van der Waals surface area contributed by atoms with E-state index in [0.29, 0.717) is 5.95 Å². The first-order valence-electron chi connectivity index (χ1n) is 5.13. The van der Waals surface area contributed by atoms with Gasteiger partial charge in [0.15, 0.2) is 0 Å². The van der Waals surface area contributed by atoms with E-state index in [0.717, 1.165) is 17.2 Å². The second kappa shape index (κ2) is 4.61. The lowest BCUT2D eigenvalue weighted by atomic mass is 10.3. The second-order valence-corrected chi connectivity index (χ2v) is 3.46. The van der Waals surface area contributed by atoms with E-state index in [1.807, 2.05) is 50.4 Å². The Labute approximate surface area is 94.8 Å². The summed E-state index contributed by atoms with van der Waals surface area (Å²) in [6.45, 7) is 1.94. The first-order valence-corrected chi connectivity index (χ1v) is 5.13. The predicted molar refractivity (Wildman–Crippen MR) is 66.0 cm³/mol. The van der Waals surface area contributed by atoms with Crippen LogP contribution in [0.5, 0.6) is 0 Å². The van der Waals surface area contributed by atoms with Crippen molar-refractivity contribution in [3.05, 3.63) is 42.1 Å². The Kier molecular flexibility index (Phi) is 3.00. The minimum Gasteiger partial charge on any atom is -0.373 e. The number of aryl methyl sites for hydroxylation is 1. The summed E-state index contributed by atoms with van der Waals surface area (Å²) in [6.07, 6.45) is 0. The van der Waals surface area contributed by atoms with Gasteiger partial charge in [0.2, 0.25) is 5.95 Å². The van der Waals surface area contributed by atoms with Crippen LogP contribution in [0.2, 0.25) is 0 Å². The van der Waals surface area contributed by atoms with E-state index < -0.39 is 0 Å². The van der Waals surface area contributed by atoms with E-state index in [4.69, 9.17) is 0 Å². The molecule has 2 rings (SSSR count). The van der Waals surface area contributed by atoms with Gasteiger partial charge in [-0.1, -0.05) is 18.2 Å². The summed E-state index contributed by atoms with van der Waals surface area (Å²) < 4.78 is 0. The van der Waals surface area contributed by atoms with Crippen molar-refractivity contribution in [1.29, 1.82) is 0 Å². The normalized spacial score (nSPS) is 9.88. The molecule has 2 aromatic rings. The van der Waals surface area contributed by atoms with Gasteiger partial charge < -0.3 is 10.6 Å². The molecule has 0 unspecified atom stereocenters. The quantitative estimate of drug-likeness (QED) is 0.824. The van der Waals surface area contributed by atoms with Crippen LogP contribution < -0.4 is 10.6 Å². The highest BCUT2D eigenvalue weighted by Crippen LogP contribution is 2.14. The number of benzene rings is 1. The average Bonchev–Trinajstić information content (AvgIpc) is 2.29. The maximum Gasteiger partial charge on any atom is 0.229 e. The van der Waals surface area contributed by atoms with Crippen molar-refractivity contribution in [3.63, 3.8) is 0 Å². The molecular weight excluding hydrogens is 200 g/mol. The lowest BCUT2D eigenvalue weighted by Crippen LogP contribution is -2.01. The van der Waals surface area contributed by atoms with Crippen LogP contribution >= 0.6 is 0 Å². The molecule has 0 saturated heterocycles. The molecule has 0 radical (unpaired) electrons. The zero-order chi connectivity index (χ0) is 11.4. The minimum atomic E-state index is 0.607. The van der Waals surface area contributed by atoms with Crippen LogP contribution in [0.1, 0.15) is 5.69 Å². The van der Waals surface area contributed by atoms with E-state index in [9.17, 15) is 0 Å². The van der Waals surface area contributed by atoms with Crippen molar-refractivity contribution in [2.45, 2.75) is 6.92 Å². The van der Waals surface area contributed by atoms with Gasteiger partial charge in [0.25, 0.3) is 0 Å². The highest BCUT2D eigenvalue weighted by atomic mass is 15.1.